The highest BCUT2D eigenvalue weighted by atomic mass is 16.5. The van der Waals surface area contributed by atoms with E-state index in [9.17, 15) is 0 Å². The highest BCUT2D eigenvalue weighted by molar-refractivity contribution is 5.53. The van der Waals surface area contributed by atoms with Gasteiger partial charge in [-0.2, -0.15) is 0 Å². The van der Waals surface area contributed by atoms with Gasteiger partial charge in [-0.05, 0) is 38.1 Å². The summed E-state index contributed by atoms with van der Waals surface area (Å²) >= 11 is 0. The lowest BCUT2D eigenvalue weighted by Crippen LogP contribution is -2.07. The number of methoxy groups -OCH3 is 1. The number of anilines is 1. The van der Waals surface area contributed by atoms with E-state index in [-0.39, 0.29) is 6.10 Å². The van der Waals surface area contributed by atoms with Crippen LogP contribution in [0.3, 0.4) is 0 Å². The molecular formula is C15H18N2O3. The minimum atomic E-state index is 0.0317. The Labute approximate surface area is 118 Å². The van der Waals surface area contributed by atoms with Crippen molar-refractivity contribution in [3.63, 3.8) is 0 Å². The lowest BCUT2D eigenvalue weighted by atomic mass is 10.3. The summed E-state index contributed by atoms with van der Waals surface area (Å²) in [5.41, 5.74) is 6.35. The first kappa shape index (κ1) is 14.0. The van der Waals surface area contributed by atoms with Gasteiger partial charge in [-0.25, -0.2) is 4.98 Å². The SMILES string of the molecule is COc1ccc(N)cc1Oc1ncccc1OC(C)C. The number of aromatic nitrogens is 1. The van der Waals surface area contributed by atoms with Gasteiger partial charge in [0.2, 0.25) is 0 Å². The molecule has 5 heteroatoms. The van der Waals surface area contributed by atoms with Crippen LogP contribution in [-0.4, -0.2) is 18.2 Å². The van der Waals surface area contributed by atoms with E-state index in [0.717, 1.165) is 0 Å². The van der Waals surface area contributed by atoms with Crippen molar-refractivity contribution in [1.29, 1.82) is 0 Å². The Morgan fingerprint density at radius 2 is 1.90 bits per heavy atom. The van der Waals surface area contributed by atoms with E-state index < -0.39 is 0 Å². The number of hydrogen-bond acceptors (Lipinski definition) is 5. The zero-order chi connectivity index (χ0) is 14.5. The molecule has 0 fully saturated rings. The molecule has 0 aliphatic rings. The molecule has 1 aromatic heterocycles. The summed E-state index contributed by atoms with van der Waals surface area (Å²) in [6, 6.07) is 8.78. The first-order valence-corrected chi connectivity index (χ1v) is 6.33. The largest absolute Gasteiger partial charge is 0.493 e. The first-order valence-electron chi connectivity index (χ1n) is 6.33. The van der Waals surface area contributed by atoms with Crippen molar-refractivity contribution >= 4 is 5.69 Å². The highest BCUT2D eigenvalue weighted by Gasteiger charge is 2.12. The quantitative estimate of drug-likeness (QED) is 0.848. The monoisotopic (exact) mass is 274 g/mol. The molecule has 2 rings (SSSR count). The van der Waals surface area contributed by atoms with Crippen molar-refractivity contribution < 1.29 is 14.2 Å². The molecule has 5 nitrogen and oxygen atoms in total. The molecule has 0 radical (unpaired) electrons. The summed E-state index contributed by atoms with van der Waals surface area (Å²) in [4.78, 5) is 4.19. The molecule has 0 saturated heterocycles. The third-order valence-electron chi connectivity index (χ3n) is 2.49. The van der Waals surface area contributed by atoms with Crippen molar-refractivity contribution in [2.45, 2.75) is 20.0 Å². The molecule has 1 aromatic carbocycles. The van der Waals surface area contributed by atoms with Crippen LogP contribution >= 0.6 is 0 Å². The second-order valence-electron chi connectivity index (χ2n) is 4.49. The van der Waals surface area contributed by atoms with Crippen molar-refractivity contribution in [3.8, 4) is 23.1 Å². The lowest BCUT2D eigenvalue weighted by molar-refractivity contribution is 0.230. The van der Waals surface area contributed by atoms with Crippen molar-refractivity contribution in [2.75, 3.05) is 12.8 Å². The fraction of sp³-hybridized carbons (Fsp3) is 0.267. The van der Waals surface area contributed by atoms with Crippen LogP contribution in [0.4, 0.5) is 5.69 Å². The van der Waals surface area contributed by atoms with Crippen LogP contribution < -0.4 is 19.9 Å². The van der Waals surface area contributed by atoms with Gasteiger partial charge in [0.25, 0.3) is 5.88 Å². The fourth-order valence-corrected chi connectivity index (χ4v) is 1.67. The van der Waals surface area contributed by atoms with Crippen LogP contribution in [-0.2, 0) is 0 Å². The number of nitrogens with two attached hydrogens (primary N) is 1. The van der Waals surface area contributed by atoms with Crippen molar-refractivity contribution in [1.82, 2.24) is 4.98 Å². The van der Waals surface area contributed by atoms with E-state index in [0.29, 0.717) is 28.8 Å². The molecule has 0 atom stereocenters. The Bertz CT molecular complexity index is 585. The molecule has 0 unspecified atom stereocenters. The summed E-state index contributed by atoms with van der Waals surface area (Å²) in [7, 11) is 1.57. The second kappa shape index (κ2) is 6.14. The predicted molar refractivity (Wildman–Crippen MR) is 77.5 cm³/mol. The zero-order valence-electron chi connectivity index (χ0n) is 11.8. The number of ether oxygens (including phenoxy) is 3. The van der Waals surface area contributed by atoms with Gasteiger partial charge in [-0.3, -0.25) is 0 Å². The number of hydrogen-bond donors (Lipinski definition) is 1. The molecule has 0 aliphatic heterocycles. The van der Waals surface area contributed by atoms with Gasteiger partial charge < -0.3 is 19.9 Å². The minimum Gasteiger partial charge on any atom is -0.493 e. The smallest absolute Gasteiger partial charge is 0.262 e. The number of pyridine rings is 1. The molecule has 2 N–H and O–H groups in total. The number of nitrogens with zero attached hydrogens (tertiary/aromatic N) is 1. The predicted octanol–water partition coefficient (Wildman–Crippen LogP) is 3.25. The molecule has 20 heavy (non-hydrogen) atoms. The van der Waals surface area contributed by atoms with Gasteiger partial charge in [0.15, 0.2) is 17.2 Å². The average Bonchev–Trinajstić information content (AvgIpc) is 2.41. The third-order valence-corrected chi connectivity index (χ3v) is 2.49. The maximum atomic E-state index is 5.77. The number of rotatable bonds is 5. The Balaban J connectivity index is 2.32. The molecule has 0 aliphatic carbocycles. The Kier molecular flexibility index (Phi) is 4.30. The van der Waals surface area contributed by atoms with Gasteiger partial charge in [0.1, 0.15) is 0 Å². The topological polar surface area (TPSA) is 66.6 Å². The minimum absolute atomic E-state index is 0.0317. The van der Waals surface area contributed by atoms with Gasteiger partial charge >= 0.3 is 0 Å². The standard InChI is InChI=1S/C15H18N2O3/c1-10(2)19-13-5-4-8-17-15(13)20-14-9-11(16)6-7-12(14)18-3/h4-10H,16H2,1-3H3. The normalized spacial score (nSPS) is 10.4. The molecule has 0 spiro atoms. The van der Waals surface area contributed by atoms with Crippen molar-refractivity contribution in [2.24, 2.45) is 0 Å². The number of benzene rings is 1. The second-order valence-corrected chi connectivity index (χ2v) is 4.49. The Hall–Kier alpha value is -2.43. The van der Waals surface area contributed by atoms with Crippen LogP contribution in [0.1, 0.15) is 13.8 Å². The van der Waals surface area contributed by atoms with Crippen LogP contribution in [0.2, 0.25) is 0 Å². The van der Waals surface area contributed by atoms with Gasteiger partial charge in [0.05, 0.1) is 13.2 Å². The first-order chi connectivity index (χ1) is 9.60. The summed E-state index contributed by atoms with van der Waals surface area (Å²) in [6.45, 7) is 3.88. The van der Waals surface area contributed by atoms with Gasteiger partial charge in [-0.15, -0.1) is 0 Å². The van der Waals surface area contributed by atoms with Crippen LogP contribution in [0.15, 0.2) is 36.5 Å². The molecule has 2 aromatic rings. The van der Waals surface area contributed by atoms with E-state index in [1.165, 1.54) is 0 Å². The Morgan fingerprint density at radius 3 is 2.60 bits per heavy atom. The highest BCUT2D eigenvalue weighted by Crippen LogP contribution is 2.36. The third kappa shape index (κ3) is 3.32. The molecule has 0 amide bonds. The molecule has 1 heterocycles. The van der Waals surface area contributed by atoms with E-state index in [4.69, 9.17) is 19.9 Å². The van der Waals surface area contributed by atoms with Gasteiger partial charge in [0, 0.05) is 18.0 Å². The van der Waals surface area contributed by atoms with Crippen LogP contribution in [0, 0.1) is 0 Å². The molecule has 106 valence electrons. The van der Waals surface area contributed by atoms with Crippen molar-refractivity contribution in [3.05, 3.63) is 36.5 Å². The van der Waals surface area contributed by atoms with Crippen LogP contribution in [0.5, 0.6) is 23.1 Å². The number of nitrogen functional groups attached to an aromatic ring is 1. The maximum Gasteiger partial charge on any atom is 0.262 e. The van der Waals surface area contributed by atoms with Gasteiger partial charge in [-0.1, -0.05) is 0 Å². The van der Waals surface area contributed by atoms with E-state index in [2.05, 4.69) is 4.98 Å². The van der Waals surface area contributed by atoms with Crippen LogP contribution in [0.25, 0.3) is 0 Å². The Morgan fingerprint density at radius 1 is 1.10 bits per heavy atom. The summed E-state index contributed by atoms with van der Waals surface area (Å²) in [5.74, 6) is 2.04. The molecular weight excluding hydrogens is 256 g/mol. The summed E-state index contributed by atoms with van der Waals surface area (Å²) in [5, 5.41) is 0. The average molecular weight is 274 g/mol. The van der Waals surface area contributed by atoms with E-state index in [1.54, 1.807) is 43.6 Å². The fourth-order valence-electron chi connectivity index (χ4n) is 1.67. The molecule has 0 saturated carbocycles. The molecule has 0 bridgehead atoms. The van der Waals surface area contributed by atoms with E-state index >= 15 is 0 Å². The summed E-state index contributed by atoms with van der Waals surface area (Å²) in [6.07, 6.45) is 1.67. The zero-order valence-corrected chi connectivity index (χ0v) is 11.8. The summed E-state index contributed by atoms with van der Waals surface area (Å²) < 4.78 is 16.7. The van der Waals surface area contributed by atoms with E-state index in [1.807, 2.05) is 13.8 Å². The maximum absolute atomic E-state index is 5.77. The lowest BCUT2D eigenvalue weighted by Gasteiger charge is -2.15.